The van der Waals surface area contributed by atoms with Crippen LogP contribution < -0.4 is 10.6 Å². The Hall–Kier alpha value is -1.81. The quantitative estimate of drug-likeness (QED) is 0.586. The molecule has 26 heavy (non-hydrogen) atoms. The molecule has 2 N–H and O–H groups in total. The summed E-state index contributed by atoms with van der Waals surface area (Å²) in [7, 11) is 0. The number of amides is 1. The Bertz CT molecular complexity index is 583. The van der Waals surface area contributed by atoms with Crippen LogP contribution in [0.3, 0.4) is 0 Å². The van der Waals surface area contributed by atoms with Crippen molar-refractivity contribution in [2.75, 3.05) is 13.2 Å². The van der Waals surface area contributed by atoms with Gasteiger partial charge in [0.15, 0.2) is 0 Å². The third kappa shape index (κ3) is 4.67. The number of benzene rings is 1. The van der Waals surface area contributed by atoms with Gasteiger partial charge in [-0.25, -0.2) is 0 Å². The molecule has 146 valence electrons. The maximum atomic E-state index is 13.4. The van der Waals surface area contributed by atoms with E-state index in [1.807, 2.05) is 0 Å². The van der Waals surface area contributed by atoms with Crippen LogP contribution in [0.5, 0.6) is 0 Å². The van der Waals surface area contributed by atoms with Gasteiger partial charge in [0.2, 0.25) is 5.91 Å². The van der Waals surface area contributed by atoms with E-state index in [9.17, 15) is 31.1 Å². The van der Waals surface area contributed by atoms with E-state index in [0.717, 1.165) is 5.32 Å². The van der Waals surface area contributed by atoms with Crippen molar-refractivity contribution in [1.82, 2.24) is 10.6 Å². The molecule has 10 heteroatoms. The van der Waals surface area contributed by atoms with Crippen LogP contribution in [0, 0.1) is 0 Å². The maximum Gasteiger partial charge on any atom is 0.434 e. The smallest absolute Gasteiger partial charge is 0.377 e. The van der Waals surface area contributed by atoms with Crippen LogP contribution in [-0.4, -0.2) is 43.2 Å². The van der Waals surface area contributed by atoms with Gasteiger partial charge in [-0.05, 0) is 18.4 Å². The van der Waals surface area contributed by atoms with Gasteiger partial charge in [0.05, 0.1) is 12.5 Å². The number of nitrogens with one attached hydrogen (secondary N) is 2. The molecule has 1 aliphatic heterocycles. The molecular formula is C16H18F6N2O2. The lowest BCUT2D eigenvalue weighted by molar-refractivity contribution is -0.316. The zero-order chi connectivity index (χ0) is 19.4. The topological polar surface area (TPSA) is 50.4 Å². The van der Waals surface area contributed by atoms with E-state index in [2.05, 4.69) is 0 Å². The minimum absolute atomic E-state index is 0.276. The van der Waals surface area contributed by atoms with E-state index in [1.54, 1.807) is 6.07 Å². The second kappa shape index (κ2) is 7.83. The maximum absolute atomic E-state index is 13.4. The molecule has 0 bridgehead atoms. The highest BCUT2D eigenvalue weighted by atomic mass is 19.4. The third-order valence-electron chi connectivity index (χ3n) is 4.00. The number of carbonyl (C=O) groups is 1. The molecule has 1 aromatic carbocycles. The molecule has 0 aromatic heterocycles. The van der Waals surface area contributed by atoms with Crippen molar-refractivity contribution in [1.29, 1.82) is 0 Å². The van der Waals surface area contributed by atoms with E-state index in [1.165, 1.54) is 29.6 Å². The number of rotatable bonds is 6. The molecule has 1 saturated heterocycles. The minimum atomic E-state index is -5.80. The van der Waals surface area contributed by atoms with Gasteiger partial charge in [-0.2, -0.15) is 26.3 Å². The molecule has 4 nitrogen and oxygen atoms in total. The normalized spacial score (nSPS) is 18.8. The standard InChI is InChI=1S/C16H18F6N2O2/c17-15(18,19)14(16(20,21)22,23-10-12-7-4-8-26-12)24-13(25)9-11-5-2-1-3-6-11/h1-3,5-6,12,23H,4,7-10H2,(H,24,25). The van der Waals surface area contributed by atoms with Gasteiger partial charge in [0, 0.05) is 13.2 Å². The summed E-state index contributed by atoms with van der Waals surface area (Å²) in [6.45, 7) is -0.414. The van der Waals surface area contributed by atoms with Crippen LogP contribution in [0.25, 0.3) is 0 Å². The number of ether oxygens (including phenoxy) is 1. The van der Waals surface area contributed by atoms with Crippen molar-refractivity contribution in [3.8, 4) is 0 Å². The lowest BCUT2D eigenvalue weighted by atomic mass is 10.1. The summed E-state index contributed by atoms with van der Waals surface area (Å²) in [6, 6.07) is 7.53. The fourth-order valence-corrected chi connectivity index (χ4v) is 2.65. The zero-order valence-corrected chi connectivity index (χ0v) is 13.6. The Kier molecular flexibility index (Phi) is 6.17. The average Bonchev–Trinajstić information content (AvgIpc) is 3.03. The van der Waals surface area contributed by atoms with E-state index in [4.69, 9.17) is 4.74 Å². The van der Waals surface area contributed by atoms with E-state index >= 15 is 0 Å². The van der Waals surface area contributed by atoms with E-state index < -0.39 is 43.0 Å². The second-order valence-electron chi connectivity index (χ2n) is 5.97. The van der Waals surface area contributed by atoms with Crippen molar-refractivity contribution in [2.45, 2.75) is 43.4 Å². The highest BCUT2D eigenvalue weighted by Gasteiger charge is 2.72. The van der Waals surface area contributed by atoms with Gasteiger partial charge in [0.25, 0.3) is 5.66 Å². The Labute approximate surface area is 145 Å². The summed E-state index contributed by atoms with van der Waals surface area (Å²) < 4.78 is 85.5. The van der Waals surface area contributed by atoms with Gasteiger partial charge in [-0.3, -0.25) is 10.1 Å². The number of halogens is 6. The highest BCUT2D eigenvalue weighted by Crippen LogP contribution is 2.41. The Morgan fingerprint density at radius 1 is 1.08 bits per heavy atom. The lowest BCUT2D eigenvalue weighted by Gasteiger charge is -2.39. The molecule has 1 amide bonds. The van der Waals surface area contributed by atoms with Gasteiger partial charge in [0.1, 0.15) is 0 Å². The van der Waals surface area contributed by atoms with Gasteiger partial charge in [-0.1, -0.05) is 30.3 Å². The van der Waals surface area contributed by atoms with Crippen LogP contribution >= 0.6 is 0 Å². The predicted octanol–water partition coefficient (Wildman–Crippen LogP) is 2.93. The van der Waals surface area contributed by atoms with Crippen molar-refractivity contribution in [2.24, 2.45) is 0 Å². The summed E-state index contributed by atoms with van der Waals surface area (Å²) in [6.07, 6.45) is -12.1. The third-order valence-corrected chi connectivity index (χ3v) is 4.00. The Morgan fingerprint density at radius 3 is 2.19 bits per heavy atom. The lowest BCUT2D eigenvalue weighted by Crippen LogP contribution is -2.76. The molecule has 0 radical (unpaired) electrons. The van der Waals surface area contributed by atoms with Gasteiger partial charge >= 0.3 is 12.4 Å². The van der Waals surface area contributed by atoms with Crippen molar-refractivity contribution in [3.63, 3.8) is 0 Å². The molecule has 0 saturated carbocycles. The fourth-order valence-electron chi connectivity index (χ4n) is 2.65. The monoisotopic (exact) mass is 384 g/mol. The number of hydrogen-bond donors (Lipinski definition) is 2. The van der Waals surface area contributed by atoms with Gasteiger partial charge in [-0.15, -0.1) is 0 Å². The van der Waals surface area contributed by atoms with Crippen LogP contribution in [-0.2, 0) is 16.0 Å². The van der Waals surface area contributed by atoms with Crippen LogP contribution in [0.2, 0.25) is 0 Å². The van der Waals surface area contributed by atoms with Gasteiger partial charge < -0.3 is 10.1 Å². The van der Waals surface area contributed by atoms with Crippen LogP contribution in [0.4, 0.5) is 26.3 Å². The molecule has 1 fully saturated rings. The van der Waals surface area contributed by atoms with Crippen LogP contribution in [0.1, 0.15) is 18.4 Å². The molecule has 1 aromatic rings. The summed E-state index contributed by atoms with van der Waals surface area (Å²) in [5.41, 5.74) is -4.25. The van der Waals surface area contributed by atoms with Crippen molar-refractivity contribution in [3.05, 3.63) is 35.9 Å². The molecule has 1 heterocycles. The summed E-state index contributed by atoms with van der Waals surface area (Å²) in [5.74, 6) is -1.40. The predicted molar refractivity (Wildman–Crippen MR) is 80.1 cm³/mol. The van der Waals surface area contributed by atoms with Crippen molar-refractivity contribution >= 4 is 5.91 Å². The molecule has 1 aliphatic rings. The summed E-state index contributed by atoms with van der Waals surface area (Å²) in [4.78, 5) is 11.9. The minimum Gasteiger partial charge on any atom is -0.377 e. The second-order valence-corrected chi connectivity index (χ2v) is 5.97. The first kappa shape index (κ1) is 20.5. The first-order valence-corrected chi connectivity index (χ1v) is 7.90. The highest BCUT2D eigenvalue weighted by molar-refractivity contribution is 5.79. The first-order chi connectivity index (χ1) is 12.1. The Morgan fingerprint density at radius 2 is 1.69 bits per heavy atom. The number of alkyl halides is 6. The zero-order valence-electron chi connectivity index (χ0n) is 13.6. The van der Waals surface area contributed by atoms with Crippen molar-refractivity contribution < 1.29 is 35.9 Å². The van der Waals surface area contributed by atoms with E-state index in [0.29, 0.717) is 18.4 Å². The molecule has 2 rings (SSSR count). The molecule has 1 atom stereocenters. The first-order valence-electron chi connectivity index (χ1n) is 7.90. The molecular weight excluding hydrogens is 366 g/mol. The Balaban J connectivity index is 2.21. The average molecular weight is 384 g/mol. The van der Waals surface area contributed by atoms with E-state index in [-0.39, 0.29) is 6.61 Å². The molecule has 0 aliphatic carbocycles. The number of hydrogen-bond acceptors (Lipinski definition) is 3. The fraction of sp³-hybridized carbons (Fsp3) is 0.562. The SMILES string of the molecule is O=C(Cc1ccccc1)NC(NCC1CCCO1)(C(F)(F)F)C(F)(F)F. The summed E-state index contributed by atoms with van der Waals surface area (Å²) >= 11 is 0. The molecule has 1 unspecified atom stereocenters. The van der Waals surface area contributed by atoms with Crippen LogP contribution in [0.15, 0.2) is 30.3 Å². The number of carbonyl (C=O) groups excluding carboxylic acids is 1. The summed E-state index contributed by atoms with van der Waals surface area (Å²) in [5, 5.41) is 2.59. The molecule has 0 spiro atoms. The largest absolute Gasteiger partial charge is 0.434 e.